The number of rotatable bonds is 4. The van der Waals surface area contributed by atoms with E-state index >= 15 is 0 Å². The maximum absolute atomic E-state index is 11.8. The molecule has 2 atom stereocenters. The standard InChI is InChI=1S/C15H18N4O2S/c1-9(2)11-4-6-12(7-5-11)19-15(16-17-18-19)22-13-8-10(3)21-14(13)20/h4-7,9-10,13H,8H2,1-3H3/t10-,13+/m1/s1. The third kappa shape index (κ3) is 2.99. The van der Waals surface area contributed by atoms with Crippen molar-refractivity contribution in [2.75, 3.05) is 0 Å². The predicted molar refractivity (Wildman–Crippen MR) is 83.1 cm³/mol. The molecule has 0 N–H and O–H groups in total. The summed E-state index contributed by atoms with van der Waals surface area (Å²) < 4.78 is 6.83. The van der Waals surface area contributed by atoms with Gasteiger partial charge >= 0.3 is 5.97 Å². The zero-order valence-corrected chi connectivity index (χ0v) is 13.6. The smallest absolute Gasteiger partial charge is 0.319 e. The molecule has 22 heavy (non-hydrogen) atoms. The Hall–Kier alpha value is -1.89. The molecule has 6 nitrogen and oxygen atoms in total. The topological polar surface area (TPSA) is 69.9 Å². The number of carbonyl (C=O) groups excluding carboxylic acids is 1. The monoisotopic (exact) mass is 318 g/mol. The number of ether oxygens (including phenoxy) is 1. The van der Waals surface area contributed by atoms with Crippen molar-refractivity contribution < 1.29 is 9.53 Å². The molecule has 7 heteroatoms. The first-order chi connectivity index (χ1) is 10.5. The summed E-state index contributed by atoms with van der Waals surface area (Å²) in [5.41, 5.74) is 2.15. The van der Waals surface area contributed by atoms with Crippen molar-refractivity contribution in [1.29, 1.82) is 0 Å². The Balaban J connectivity index is 1.81. The average Bonchev–Trinajstić information content (AvgIpc) is 3.06. The van der Waals surface area contributed by atoms with E-state index in [1.165, 1.54) is 17.3 Å². The van der Waals surface area contributed by atoms with Crippen LogP contribution in [0.15, 0.2) is 29.4 Å². The lowest BCUT2D eigenvalue weighted by atomic mass is 10.0. The van der Waals surface area contributed by atoms with E-state index in [1.807, 2.05) is 19.1 Å². The Bertz CT molecular complexity index is 668. The first-order valence-electron chi connectivity index (χ1n) is 7.30. The normalized spacial score (nSPS) is 21.4. The van der Waals surface area contributed by atoms with Gasteiger partial charge in [-0.15, -0.1) is 5.10 Å². The highest BCUT2D eigenvalue weighted by Gasteiger charge is 2.34. The van der Waals surface area contributed by atoms with Crippen LogP contribution in [0.5, 0.6) is 0 Å². The molecule has 0 spiro atoms. The van der Waals surface area contributed by atoms with Gasteiger partial charge in [-0.25, -0.2) is 0 Å². The number of benzene rings is 1. The van der Waals surface area contributed by atoms with Crippen LogP contribution in [0.3, 0.4) is 0 Å². The summed E-state index contributed by atoms with van der Waals surface area (Å²) in [5, 5.41) is 12.2. The molecule has 0 unspecified atom stereocenters. The molecule has 2 heterocycles. The minimum atomic E-state index is -0.241. The van der Waals surface area contributed by atoms with Crippen molar-refractivity contribution in [2.24, 2.45) is 0 Å². The van der Waals surface area contributed by atoms with Crippen molar-refractivity contribution in [3.8, 4) is 5.69 Å². The zero-order valence-electron chi connectivity index (χ0n) is 12.8. The van der Waals surface area contributed by atoms with E-state index < -0.39 is 0 Å². The summed E-state index contributed by atoms with van der Waals surface area (Å²) in [7, 11) is 0. The fourth-order valence-electron chi connectivity index (χ4n) is 2.36. The van der Waals surface area contributed by atoms with Crippen molar-refractivity contribution in [3.63, 3.8) is 0 Å². The maximum atomic E-state index is 11.8. The van der Waals surface area contributed by atoms with Gasteiger partial charge in [-0.2, -0.15) is 4.68 Å². The second-order valence-corrected chi connectivity index (χ2v) is 6.88. The average molecular weight is 318 g/mol. The van der Waals surface area contributed by atoms with Crippen LogP contribution in [0.1, 0.15) is 38.7 Å². The second kappa shape index (κ2) is 6.08. The van der Waals surface area contributed by atoms with E-state index in [-0.39, 0.29) is 17.3 Å². The molecule has 0 amide bonds. The summed E-state index contributed by atoms with van der Waals surface area (Å²) in [4.78, 5) is 11.8. The molecule has 2 aromatic rings. The fraction of sp³-hybridized carbons (Fsp3) is 0.467. The summed E-state index contributed by atoms with van der Waals surface area (Å²) >= 11 is 1.35. The van der Waals surface area contributed by atoms with Gasteiger partial charge in [-0.1, -0.05) is 37.7 Å². The van der Waals surface area contributed by atoms with Crippen molar-refractivity contribution in [3.05, 3.63) is 29.8 Å². The summed E-state index contributed by atoms with van der Waals surface area (Å²) in [6, 6.07) is 8.13. The molecular formula is C15H18N4O2S. The molecule has 0 aliphatic carbocycles. The Labute approximate surface area is 133 Å². The van der Waals surface area contributed by atoms with Gasteiger partial charge in [0.25, 0.3) is 0 Å². The van der Waals surface area contributed by atoms with Crippen LogP contribution >= 0.6 is 11.8 Å². The molecular weight excluding hydrogens is 300 g/mol. The molecule has 1 aliphatic heterocycles. The van der Waals surface area contributed by atoms with Gasteiger partial charge < -0.3 is 4.74 Å². The third-order valence-electron chi connectivity index (χ3n) is 3.62. The van der Waals surface area contributed by atoms with E-state index in [1.54, 1.807) is 4.68 Å². The quantitative estimate of drug-likeness (QED) is 0.807. The minimum Gasteiger partial charge on any atom is -0.462 e. The van der Waals surface area contributed by atoms with Crippen molar-refractivity contribution in [1.82, 2.24) is 20.2 Å². The molecule has 116 valence electrons. The van der Waals surface area contributed by atoms with Crippen LogP contribution in [-0.2, 0) is 9.53 Å². The largest absolute Gasteiger partial charge is 0.462 e. The lowest BCUT2D eigenvalue weighted by Gasteiger charge is -2.08. The van der Waals surface area contributed by atoms with Crippen LogP contribution in [0, 0.1) is 0 Å². The number of esters is 1. The second-order valence-electron chi connectivity index (χ2n) is 5.71. The van der Waals surface area contributed by atoms with Gasteiger partial charge in [0.2, 0.25) is 5.16 Å². The van der Waals surface area contributed by atoms with Crippen LogP contribution in [0.2, 0.25) is 0 Å². The van der Waals surface area contributed by atoms with Gasteiger partial charge in [0.15, 0.2) is 0 Å². The van der Waals surface area contributed by atoms with E-state index in [9.17, 15) is 4.79 Å². The number of aromatic nitrogens is 4. The number of tetrazole rings is 1. The van der Waals surface area contributed by atoms with Crippen molar-refractivity contribution in [2.45, 2.75) is 49.6 Å². The van der Waals surface area contributed by atoms with Gasteiger partial charge in [-0.05, 0) is 41.0 Å². The van der Waals surface area contributed by atoms with E-state index in [2.05, 4.69) is 41.5 Å². The van der Waals surface area contributed by atoms with Gasteiger partial charge in [0.05, 0.1) is 5.69 Å². The highest BCUT2D eigenvalue weighted by Crippen LogP contribution is 2.31. The molecule has 1 aliphatic rings. The molecule has 1 aromatic heterocycles. The van der Waals surface area contributed by atoms with Gasteiger partial charge in [0.1, 0.15) is 11.4 Å². The number of cyclic esters (lactones) is 1. The van der Waals surface area contributed by atoms with E-state index in [0.29, 0.717) is 17.5 Å². The predicted octanol–water partition coefficient (Wildman–Crippen LogP) is 2.58. The highest BCUT2D eigenvalue weighted by atomic mass is 32.2. The third-order valence-corrected chi connectivity index (χ3v) is 4.75. The molecule has 0 radical (unpaired) electrons. The van der Waals surface area contributed by atoms with Crippen molar-refractivity contribution >= 4 is 17.7 Å². The number of carbonyl (C=O) groups is 1. The summed E-state index contributed by atoms with van der Waals surface area (Å²) in [6.07, 6.45) is 0.641. The Kier molecular flexibility index (Phi) is 4.15. The number of hydrogen-bond acceptors (Lipinski definition) is 6. The molecule has 1 saturated heterocycles. The number of thioether (sulfide) groups is 1. The Morgan fingerprint density at radius 3 is 2.64 bits per heavy atom. The first-order valence-corrected chi connectivity index (χ1v) is 8.18. The Morgan fingerprint density at radius 1 is 1.32 bits per heavy atom. The lowest BCUT2D eigenvalue weighted by molar-refractivity contribution is -0.140. The SMILES string of the molecule is CC(C)c1ccc(-n2nnnc2S[C@H]2C[C@@H](C)OC2=O)cc1. The zero-order chi connectivity index (χ0) is 15.7. The summed E-state index contributed by atoms with van der Waals surface area (Å²) in [6.45, 7) is 6.20. The van der Waals surface area contributed by atoms with Crippen LogP contribution in [-0.4, -0.2) is 37.5 Å². The summed E-state index contributed by atoms with van der Waals surface area (Å²) in [5.74, 6) is 0.286. The maximum Gasteiger partial charge on any atom is 0.319 e. The van der Waals surface area contributed by atoms with Gasteiger partial charge in [-0.3, -0.25) is 4.79 Å². The lowest BCUT2D eigenvalue weighted by Crippen LogP contribution is -2.11. The minimum absolute atomic E-state index is 0.0420. The van der Waals surface area contributed by atoms with Crippen LogP contribution in [0.25, 0.3) is 5.69 Å². The van der Waals surface area contributed by atoms with Crippen LogP contribution < -0.4 is 0 Å². The highest BCUT2D eigenvalue weighted by molar-refractivity contribution is 8.00. The molecule has 0 bridgehead atoms. The fourth-order valence-corrected chi connectivity index (χ4v) is 3.46. The first kappa shape index (κ1) is 15.0. The van der Waals surface area contributed by atoms with E-state index in [4.69, 9.17) is 4.74 Å². The molecule has 0 saturated carbocycles. The molecule has 3 rings (SSSR count). The van der Waals surface area contributed by atoms with Crippen LogP contribution in [0.4, 0.5) is 0 Å². The molecule has 1 aromatic carbocycles. The van der Waals surface area contributed by atoms with Gasteiger partial charge in [0, 0.05) is 6.42 Å². The number of nitrogens with zero attached hydrogens (tertiary/aromatic N) is 4. The number of hydrogen-bond donors (Lipinski definition) is 0. The Morgan fingerprint density at radius 2 is 2.05 bits per heavy atom. The van der Waals surface area contributed by atoms with E-state index in [0.717, 1.165) is 5.69 Å². The molecule has 1 fully saturated rings.